The van der Waals surface area contributed by atoms with Gasteiger partial charge in [0.2, 0.25) is 0 Å². The van der Waals surface area contributed by atoms with E-state index in [0.717, 1.165) is 24.4 Å². The van der Waals surface area contributed by atoms with Crippen LogP contribution in [0.3, 0.4) is 0 Å². The van der Waals surface area contributed by atoms with Gasteiger partial charge in [-0.25, -0.2) is 4.98 Å². The summed E-state index contributed by atoms with van der Waals surface area (Å²) in [6.07, 6.45) is 0. The highest BCUT2D eigenvalue weighted by Gasteiger charge is 2.11. The van der Waals surface area contributed by atoms with Gasteiger partial charge in [-0.2, -0.15) is 0 Å². The van der Waals surface area contributed by atoms with Crippen LogP contribution in [0.1, 0.15) is 23.9 Å². The number of benzene rings is 2. The third-order valence-corrected chi connectivity index (χ3v) is 4.15. The van der Waals surface area contributed by atoms with Gasteiger partial charge in [0.1, 0.15) is 13.1 Å². The first-order valence-corrected chi connectivity index (χ1v) is 8.02. The first kappa shape index (κ1) is 15.4. The number of fused-ring (bicyclic) bond motifs is 1. The molecule has 4 heteroatoms. The summed E-state index contributed by atoms with van der Waals surface area (Å²) < 4.78 is 0. The largest absolute Gasteiger partial charge is 0.325 e. The Kier molecular flexibility index (Phi) is 4.53. The second-order valence-electron chi connectivity index (χ2n) is 5.97. The van der Waals surface area contributed by atoms with Crippen molar-refractivity contribution in [2.24, 2.45) is 0 Å². The molecule has 0 aliphatic heterocycles. The number of hydrogen-bond acceptors (Lipinski definition) is 2. The molecule has 2 N–H and O–H groups in total. The highest BCUT2D eigenvalue weighted by atomic mass is 16.1. The number of rotatable bonds is 5. The minimum absolute atomic E-state index is 0.0589. The van der Waals surface area contributed by atoms with Crippen LogP contribution in [-0.4, -0.2) is 16.5 Å². The summed E-state index contributed by atoms with van der Waals surface area (Å²) in [4.78, 5) is 21.1. The molecular formula is C19H22N3O+. The summed E-state index contributed by atoms with van der Waals surface area (Å²) in [5.74, 6) is 0.748. The second kappa shape index (κ2) is 6.75. The summed E-state index contributed by atoms with van der Waals surface area (Å²) >= 11 is 0. The highest BCUT2D eigenvalue weighted by Crippen LogP contribution is 2.05. The van der Waals surface area contributed by atoms with Crippen LogP contribution in [0, 0.1) is 6.92 Å². The van der Waals surface area contributed by atoms with Crippen molar-refractivity contribution in [3.8, 4) is 0 Å². The molecule has 0 radical (unpaired) electrons. The molecule has 2 aromatic carbocycles. The molecular weight excluding hydrogens is 286 g/mol. The first-order valence-electron chi connectivity index (χ1n) is 8.02. The van der Waals surface area contributed by atoms with Crippen molar-refractivity contribution < 1.29 is 4.90 Å². The van der Waals surface area contributed by atoms with E-state index in [0.29, 0.717) is 11.9 Å². The van der Waals surface area contributed by atoms with Crippen molar-refractivity contribution in [1.82, 2.24) is 9.97 Å². The summed E-state index contributed by atoms with van der Waals surface area (Å²) in [5.41, 5.74) is 3.27. The summed E-state index contributed by atoms with van der Waals surface area (Å²) in [5, 5.41) is 0.646. The van der Waals surface area contributed by atoms with Gasteiger partial charge in [0.25, 0.3) is 5.56 Å². The maximum absolute atomic E-state index is 12.2. The Hall–Kier alpha value is -2.46. The molecule has 118 valence electrons. The Balaban J connectivity index is 1.81. The van der Waals surface area contributed by atoms with E-state index in [2.05, 4.69) is 48.1 Å². The SMILES string of the molecule is CC[NH+](Cc1ccc(C)cc1)Cc1nc2ccccc2c(=O)[nH]1. The van der Waals surface area contributed by atoms with Crippen LogP contribution in [0.5, 0.6) is 0 Å². The molecule has 1 heterocycles. The molecule has 0 saturated carbocycles. The molecule has 23 heavy (non-hydrogen) atoms. The maximum atomic E-state index is 12.2. The van der Waals surface area contributed by atoms with Gasteiger partial charge in [0.15, 0.2) is 5.82 Å². The van der Waals surface area contributed by atoms with Gasteiger partial charge in [-0.15, -0.1) is 0 Å². The normalized spacial score (nSPS) is 12.4. The van der Waals surface area contributed by atoms with E-state index in [9.17, 15) is 4.79 Å². The highest BCUT2D eigenvalue weighted by molar-refractivity contribution is 5.77. The van der Waals surface area contributed by atoms with Gasteiger partial charge < -0.3 is 9.88 Å². The number of aromatic amines is 1. The molecule has 0 fully saturated rings. The van der Waals surface area contributed by atoms with E-state index in [-0.39, 0.29) is 5.56 Å². The fourth-order valence-electron chi connectivity index (χ4n) is 2.76. The third kappa shape index (κ3) is 3.66. The lowest BCUT2D eigenvalue weighted by Gasteiger charge is -2.17. The van der Waals surface area contributed by atoms with Crippen LogP contribution >= 0.6 is 0 Å². The van der Waals surface area contributed by atoms with E-state index >= 15 is 0 Å². The summed E-state index contributed by atoms with van der Waals surface area (Å²) in [6.45, 7) is 6.86. The molecule has 3 rings (SSSR count). The monoisotopic (exact) mass is 308 g/mol. The average molecular weight is 308 g/mol. The standard InChI is InChI=1S/C19H21N3O/c1-3-22(12-15-10-8-14(2)9-11-15)13-18-20-17-7-5-4-6-16(17)19(23)21-18/h4-11H,3,12-13H2,1-2H3,(H,20,21,23)/p+1. The van der Waals surface area contributed by atoms with E-state index in [1.54, 1.807) is 0 Å². The zero-order chi connectivity index (χ0) is 16.2. The number of nitrogens with zero attached hydrogens (tertiary/aromatic N) is 1. The lowest BCUT2D eigenvalue weighted by Crippen LogP contribution is -3.09. The van der Waals surface area contributed by atoms with Crippen molar-refractivity contribution in [3.05, 3.63) is 75.8 Å². The lowest BCUT2D eigenvalue weighted by molar-refractivity contribution is -0.926. The molecule has 0 bridgehead atoms. The summed E-state index contributed by atoms with van der Waals surface area (Å²) in [7, 11) is 0. The average Bonchev–Trinajstić information content (AvgIpc) is 2.56. The van der Waals surface area contributed by atoms with Crippen LogP contribution in [0.2, 0.25) is 0 Å². The number of para-hydroxylation sites is 1. The van der Waals surface area contributed by atoms with Gasteiger partial charge in [-0.05, 0) is 26.0 Å². The predicted octanol–water partition coefficient (Wildman–Crippen LogP) is 1.84. The van der Waals surface area contributed by atoms with E-state index in [1.807, 2.05) is 24.3 Å². The topological polar surface area (TPSA) is 50.2 Å². The van der Waals surface area contributed by atoms with Crippen LogP contribution in [0.4, 0.5) is 0 Å². The molecule has 0 amide bonds. The van der Waals surface area contributed by atoms with E-state index in [1.165, 1.54) is 16.0 Å². The number of aryl methyl sites for hydroxylation is 1. The van der Waals surface area contributed by atoms with Crippen molar-refractivity contribution in [3.63, 3.8) is 0 Å². The van der Waals surface area contributed by atoms with Crippen LogP contribution in [0.15, 0.2) is 53.3 Å². The molecule has 1 atom stereocenters. The minimum Gasteiger partial charge on any atom is -0.325 e. The summed E-state index contributed by atoms with van der Waals surface area (Å²) in [6, 6.07) is 16.1. The smallest absolute Gasteiger partial charge is 0.258 e. The number of nitrogens with one attached hydrogen (secondary N) is 2. The van der Waals surface area contributed by atoms with Crippen LogP contribution in [-0.2, 0) is 13.1 Å². The molecule has 0 spiro atoms. The Bertz CT molecular complexity index is 852. The number of H-pyrrole nitrogens is 1. The number of hydrogen-bond donors (Lipinski definition) is 2. The Morgan fingerprint density at radius 2 is 1.78 bits per heavy atom. The second-order valence-corrected chi connectivity index (χ2v) is 5.97. The maximum Gasteiger partial charge on any atom is 0.258 e. The van der Waals surface area contributed by atoms with Gasteiger partial charge in [0.05, 0.1) is 17.4 Å². The Labute approximate surface area is 135 Å². The van der Waals surface area contributed by atoms with Crippen LogP contribution in [0.25, 0.3) is 10.9 Å². The van der Waals surface area contributed by atoms with Gasteiger partial charge >= 0.3 is 0 Å². The number of aromatic nitrogens is 2. The molecule has 0 aliphatic carbocycles. The molecule has 4 nitrogen and oxygen atoms in total. The lowest BCUT2D eigenvalue weighted by atomic mass is 10.1. The quantitative estimate of drug-likeness (QED) is 0.755. The Morgan fingerprint density at radius 3 is 2.52 bits per heavy atom. The predicted molar refractivity (Wildman–Crippen MR) is 92.5 cm³/mol. The molecule has 1 aromatic heterocycles. The van der Waals surface area contributed by atoms with Crippen LogP contribution < -0.4 is 10.5 Å². The van der Waals surface area contributed by atoms with Gasteiger partial charge in [-0.3, -0.25) is 4.79 Å². The zero-order valence-corrected chi connectivity index (χ0v) is 13.6. The first-order chi connectivity index (χ1) is 11.2. The number of quaternary nitrogens is 1. The fraction of sp³-hybridized carbons (Fsp3) is 0.263. The van der Waals surface area contributed by atoms with Crippen molar-refractivity contribution in [2.75, 3.05) is 6.54 Å². The minimum atomic E-state index is -0.0589. The van der Waals surface area contributed by atoms with Crippen molar-refractivity contribution in [2.45, 2.75) is 26.9 Å². The van der Waals surface area contributed by atoms with Gasteiger partial charge in [-0.1, -0.05) is 42.0 Å². The van der Waals surface area contributed by atoms with E-state index in [4.69, 9.17) is 0 Å². The Morgan fingerprint density at radius 1 is 1.04 bits per heavy atom. The van der Waals surface area contributed by atoms with E-state index < -0.39 is 0 Å². The molecule has 0 aliphatic rings. The fourth-order valence-corrected chi connectivity index (χ4v) is 2.76. The van der Waals surface area contributed by atoms with Crippen molar-refractivity contribution >= 4 is 10.9 Å². The zero-order valence-electron chi connectivity index (χ0n) is 13.6. The molecule has 1 unspecified atom stereocenters. The van der Waals surface area contributed by atoms with Gasteiger partial charge in [0, 0.05) is 5.56 Å². The third-order valence-electron chi connectivity index (χ3n) is 4.15. The van der Waals surface area contributed by atoms with Crippen molar-refractivity contribution in [1.29, 1.82) is 0 Å². The molecule has 3 aromatic rings. The molecule has 0 saturated heterocycles.